The van der Waals surface area contributed by atoms with Gasteiger partial charge in [0.1, 0.15) is 5.82 Å². The van der Waals surface area contributed by atoms with Gasteiger partial charge in [0.2, 0.25) is 0 Å². The highest BCUT2D eigenvalue weighted by atomic mass is 15.1. The Balaban J connectivity index is 2.15. The molecule has 0 radical (unpaired) electrons. The molecule has 0 atom stereocenters. The number of hydrogen-bond donors (Lipinski definition) is 1. The second kappa shape index (κ2) is 6.49. The van der Waals surface area contributed by atoms with E-state index in [1.165, 1.54) is 23.6 Å². The van der Waals surface area contributed by atoms with Gasteiger partial charge >= 0.3 is 0 Å². The molecule has 0 unspecified atom stereocenters. The summed E-state index contributed by atoms with van der Waals surface area (Å²) in [6.07, 6.45) is 2.30. The van der Waals surface area contributed by atoms with Gasteiger partial charge in [-0.05, 0) is 33.9 Å². The second-order valence-electron chi connectivity index (χ2n) is 7.59. The van der Waals surface area contributed by atoms with E-state index < -0.39 is 0 Å². The summed E-state index contributed by atoms with van der Waals surface area (Å²) in [4.78, 5) is 7.36. The minimum Gasteiger partial charge on any atom is -0.331 e. The van der Waals surface area contributed by atoms with Gasteiger partial charge in [-0.15, -0.1) is 0 Å². The maximum Gasteiger partial charge on any atom is 0.114 e. The average molecular weight is 292 g/mol. The van der Waals surface area contributed by atoms with Crippen LogP contribution in [0.5, 0.6) is 0 Å². The third-order valence-electron chi connectivity index (χ3n) is 4.43. The lowest BCUT2D eigenvalue weighted by atomic mass is 9.95. The van der Waals surface area contributed by atoms with E-state index in [4.69, 9.17) is 4.98 Å². The maximum atomic E-state index is 4.94. The van der Waals surface area contributed by atoms with Crippen molar-refractivity contribution in [1.82, 2.24) is 19.8 Å². The van der Waals surface area contributed by atoms with Crippen LogP contribution >= 0.6 is 0 Å². The molecule has 21 heavy (non-hydrogen) atoms. The van der Waals surface area contributed by atoms with Crippen molar-refractivity contribution in [1.29, 1.82) is 0 Å². The molecule has 2 rings (SSSR count). The van der Waals surface area contributed by atoms with E-state index in [0.717, 1.165) is 32.6 Å². The number of aromatic nitrogens is 2. The minimum absolute atomic E-state index is 0.112. The van der Waals surface area contributed by atoms with Gasteiger partial charge in [-0.25, -0.2) is 4.98 Å². The first-order valence-electron chi connectivity index (χ1n) is 8.30. The molecule has 1 aliphatic rings. The standard InChI is InChI=1S/C17H32N4/c1-13(2)20(6)10-7-11-21-15-8-9-18-12-14(15)19-16(21)17(3,4)5/h13,18H,7-12H2,1-6H3. The van der Waals surface area contributed by atoms with Crippen LogP contribution in [0.3, 0.4) is 0 Å². The van der Waals surface area contributed by atoms with Crippen LogP contribution in [0.1, 0.15) is 58.3 Å². The molecule has 0 spiro atoms. The summed E-state index contributed by atoms with van der Waals surface area (Å²) >= 11 is 0. The summed E-state index contributed by atoms with van der Waals surface area (Å²) in [7, 11) is 2.21. The first kappa shape index (κ1) is 16.5. The fourth-order valence-electron chi connectivity index (χ4n) is 2.92. The molecule has 1 aromatic heterocycles. The van der Waals surface area contributed by atoms with E-state index >= 15 is 0 Å². The third kappa shape index (κ3) is 3.86. The van der Waals surface area contributed by atoms with Gasteiger partial charge in [0.25, 0.3) is 0 Å². The largest absolute Gasteiger partial charge is 0.331 e. The zero-order chi connectivity index (χ0) is 15.6. The van der Waals surface area contributed by atoms with Crippen molar-refractivity contribution >= 4 is 0 Å². The predicted octanol–water partition coefficient (Wildman–Crippen LogP) is 2.56. The van der Waals surface area contributed by atoms with Crippen molar-refractivity contribution in [3.8, 4) is 0 Å². The van der Waals surface area contributed by atoms with Crippen LogP contribution < -0.4 is 5.32 Å². The van der Waals surface area contributed by atoms with Crippen LogP contribution in [0, 0.1) is 0 Å². The Kier molecular flexibility index (Phi) is 5.10. The predicted molar refractivity (Wildman–Crippen MR) is 88.7 cm³/mol. The number of imidazole rings is 1. The molecule has 0 saturated carbocycles. The summed E-state index contributed by atoms with van der Waals surface area (Å²) in [5.74, 6) is 1.25. The van der Waals surface area contributed by atoms with E-state index in [1.54, 1.807) is 0 Å². The molecule has 0 saturated heterocycles. The summed E-state index contributed by atoms with van der Waals surface area (Å²) in [6.45, 7) is 15.6. The van der Waals surface area contributed by atoms with Crippen LogP contribution in [0.15, 0.2) is 0 Å². The monoisotopic (exact) mass is 292 g/mol. The van der Waals surface area contributed by atoms with Gasteiger partial charge in [0.15, 0.2) is 0 Å². The summed E-state index contributed by atoms with van der Waals surface area (Å²) in [6, 6.07) is 0.619. The maximum absolute atomic E-state index is 4.94. The SMILES string of the molecule is CC(C)N(C)CCCn1c(C(C)(C)C)nc2c1CCNC2. The summed E-state index contributed by atoms with van der Waals surface area (Å²) in [5, 5.41) is 3.44. The third-order valence-corrected chi connectivity index (χ3v) is 4.43. The normalized spacial score (nSPS) is 15.8. The molecule has 0 fully saturated rings. The highest BCUT2D eigenvalue weighted by Gasteiger charge is 2.26. The Labute approximate surface area is 129 Å². The molecule has 0 amide bonds. The molecule has 1 aromatic rings. The van der Waals surface area contributed by atoms with Gasteiger partial charge in [0.05, 0.1) is 5.69 Å². The van der Waals surface area contributed by atoms with Crippen LogP contribution in [0.2, 0.25) is 0 Å². The number of fused-ring (bicyclic) bond motifs is 1. The summed E-state index contributed by atoms with van der Waals surface area (Å²) < 4.78 is 2.50. The van der Waals surface area contributed by atoms with Crippen molar-refractivity contribution in [2.75, 3.05) is 20.1 Å². The van der Waals surface area contributed by atoms with Crippen LogP contribution in [0.4, 0.5) is 0 Å². The Morgan fingerprint density at radius 3 is 2.67 bits per heavy atom. The molecule has 1 N–H and O–H groups in total. The van der Waals surface area contributed by atoms with Crippen molar-refractivity contribution < 1.29 is 0 Å². The Morgan fingerprint density at radius 1 is 1.33 bits per heavy atom. The molecule has 1 aliphatic heterocycles. The van der Waals surface area contributed by atoms with Crippen LogP contribution in [0.25, 0.3) is 0 Å². The highest BCUT2D eigenvalue weighted by Crippen LogP contribution is 2.26. The fraction of sp³-hybridized carbons (Fsp3) is 0.824. The van der Waals surface area contributed by atoms with E-state index in [0.29, 0.717) is 6.04 Å². The van der Waals surface area contributed by atoms with Gasteiger partial charge in [-0.2, -0.15) is 0 Å². The van der Waals surface area contributed by atoms with Crippen LogP contribution in [-0.4, -0.2) is 40.6 Å². The van der Waals surface area contributed by atoms with Crippen LogP contribution in [-0.2, 0) is 24.9 Å². The zero-order valence-corrected chi connectivity index (χ0v) is 14.7. The first-order chi connectivity index (χ1) is 9.80. The number of rotatable bonds is 5. The molecule has 120 valence electrons. The number of nitrogens with one attached hydrogen (secondary N) is 1. The molecule has 0 bridgehead atoms. The lowest BCUT2D eigenvalue weighted by Crippen LogP contribution is -2.29. The molecule has 4 nitrogen and oxygen atoms in total. The summed E-state index contributed by atoms with van der Waals surface area (Å²) in [5.41, 5.74) is 2.84. The Morgan fingerprint density at radius 2 is 2.05 bits per heavy atom. The zero-order valence-electron chi connectivity index (χ0n) is 14.7. The van der Waals surface area contributed by atoms with Crippen molar-refractivity contribution in [3.05, 3.63) is 17.2 Å². The van der Waals surface area contributed by atoms with Crippen molar-refractivity contribution in [2.24, 2.45) is 0 Å². The van der Waals surface area contributed by atoms with E-state index in [9.17, 15) is 0 Å². The first-order valence-corrected chi connectivity index (χ1v) is 8.30. The number of hydrogen-bond acceptors (Lipinski definition) is 3. The highest BCUT2D eigenvalue weighted by molar-refractivity contribution is 5.23. The molecule has 2 heterocycles. The molecule has 0 aromatic carbocycles. The van der Waals surface area contributed by atoms with Gasteiger partial charge < -0.3 is 14.8 Å². The van der Waals surface area contributed by atoms with E-state index in [-0.39, 0.29) is 5.41 Å². The second-order valence-corrected chi connectivity index (χ2v) is 7.59. The molecular formula is C17H32N4. The van der Waals surface area contributed by atoms with Gasteiger partial charge in [-0.3, -0.25) is 0 Å². The van der Waals surface area contributed by atoms with E-state index in [2.05, 4.69) is 56.5 Å². The fourth-order valence-corrected chi connectivity index (χ4v) is 2.92. The topological polar surface area (TPSA) is 33.1 Å². The van der Waals surface area contributed by atoms with Gasteiger partial charge in [0, 0.05) is 43.2 Å². The smallest absolute Gasteiger partial charge is 0.114 e. The number of nitrogens with zero attached hydrogens (tertiary/aromatic N) is 3. The average Bonchev–Trinajstić information content (AvgIpc) is 2.77. The minimum atomic E-state index is 0.112. The van der Waals surface area contributed by atoms with Crippen molar-refractivity contribution in [2.45, 2.75) is 72.0 Å². The quantitative estimate of drug-likeness (QED) is 0.905. The van der Waals surface area contributed by atoms with E-state index in [1.807, 2.05) is 0 Å². The lowest BCUT2D eigenvalue weighted by Gasteiger charge is -2.24. The van der Waals surface area contributed by atoms with Crippen molar-refractivity contribution in [3.63, 3.8) is 0 Å². The molecular weight excluding hydrogens is 260 g/mol. The Bertz CT molecular complexity index is 468. The lowest BCUT2D eigenvalue weighted by molar-refractivity contribution is 0.263. The molecule has 0 aliphatic carbocycles. The van der Waals surface area contributed by atoms with Gasteiger partial charge in [-0.1, -0.05) is 20.8 Å². The molecule has 4 heteroatoms. The Hall–Kier alpha value is -0.870.